The first-order valence-corrected chi connectivity index (χ1v) is 10.6. The Labute approximate surface area is 167 Å². The summed E-state index contributed by atoms with van der Waals surface area (Å²) >= 11 is 1.33. The number of rotatable bonds is 4. The van der Waals surface area contributed by atoms with Crippen molar-refractivity contribution in [2.24, 2.45) is 7.05 Å². The van der Waals surface area contributed by atoms with Gasteiger partial charge in [-0.3, -0.25) is 0 Å². The fourth-order valence-corrected chi connectivity index (χ4v) is 4.58. The van der Waals surface area contributed by atoms with E-state index in [2.05, 4.69) is 15.0 Å². The van der Waals surface area contributed by atoms with Gasteiger partial charge in [-0.2, -0.15) is 13.2 Å². The lowest BCUT2D eigenvalue weighted by molar-refractivity contribution is -0.0450. The number of pyridine rings is 1. The molecule has 0 saturated carbocycles. The van der Waals surface area contributed by atoms with Crippen molar-refractivity contribution in [3.63, 3.8) is 0 Å². The van der Waals surface area contributed by atoms with Gasteiger partial charge in [-0.25, -0.2) is 28.1 Å². The molecule has 4 rings (SSSR count). The van der Waals surface area contributed by atoms with E-state index in [1.165, 1.54) is 18.3 Å². The fraction of sp³-hybridized carbons (Fsp3) is 0.235. The Kier molecular flexibility index (Phi) is 4.59. The van der Waals surface area contributed by atoms with Gasteiger partial charge in [0.15, 0.2) is 0 Å². The van der Waals surface area contributed by atoms with Crippen molar-refractivity contribution in [2.75, 3.05) is 0 Å². The maximum absolute atomic E-state index is 12.6. The summed E-state index contributed by atoms with van der Waals surface area (Å²) in [6.07, 6.45) is 3.32. The van der Waals surface area contributed by atoms with E-state index in [1.807, 2.05) is 11.6 Å². The van der Waals surface area contributed by atoms with Crippen LogP contribution in [-0.2, 0) is 17.1 Å². The van der Waals surface area contributed by atoms with Gasteiger partial charge in [0.05, 0.1) is 18.0 Å². The summed E-state index contributed by atoms with van der Waals surface area (Å²) in [6, 6.07) is 5.49. The smallest absolute Gasteiger partial charge is 0.332 e. The molecule has 0 aliphatic carbocycles. The van der Waals surface area contributed by atoms with Crippen molar-refractivity contribution >= 4 is 42.7 Å². The van der Waals surface area contributed by atoms with E-state index in [9.17, 15) is 21.6 Å². The van der Waals surface area contributed by atoms with Gasteiger partial charge in [-0.15, -0.1) is 0 Å². The highest BCUT2D eigenvalue weighted by molar-refractivity contribution is 7.90. The van der Waals surface area contributed by atoms with Crippen LogP contribution >= 0.6 is 11.3 Å². The molecule has 0 fully saturated rings. The van der Waals surface area contributed by atoms with E-state index in [-0.39, 0.29) is 0 Å². The Morgan fingerprint density at radius 3 is 2.72 bits per heavy atom. The molecule has 7 nitrogen and oxygen atoms in total. The van der Waals surface area contributed by atoms with Crippen LogP contribution in [0, 0.1) is 0 Å². The monoisotopic (exact) mass is 441 g/mol. The zero-order valence-corrected chi connectivity index (χ0v) is 16.7. The lowest BCUT2D eigenvalue weighted by atomic mass is 10.1. The largest absolute Gasteiger partial charge is 0.511 e. The number of hydrogen-bond donors (Lipinski definition) is 1. The SMILES string of the molecule is C[C@H](NS(=O)(=O)C(F)(F)F)c1cccc(-c2nc3c(ncc4ncn(C)c43)s2)c1. The minimum Gasteiger partial charge on any atom is -0.332 e. The lowest BCUT2D eigenvalue weighted by Gasteiger charge is -2.16. The van der Waals surface area contributed by atoms with E-state index >= 15 is 0 Å². The number of thiazole rings is 1. The molecule has 1 N–H and O–H groups in total. The molecule has 0 unspecified atom stereocenters. The van der Waals surface area contributed by atoms with Crippen molar-refractivity contribution in [3.05, 3.63) is 42.4 Å². The summed E-state index contributed by atoms with van der Waals surface area (Å²) in [5, 5.41) is 0.619. The van der Waals surface area contributed by atoms with Crippen LogP contribution in [0.15, 0.2) is 36.8 Å². The maximum atomic E-state index is 12.6. The van der Waals surface area contributed by atoms with Crippen LogP contribution in [-0.4, -0.2) is 33.4 Å². The van der Waals surface area contributed by atoms with Gasteiger partial charge in [0, 0.05) is 18.7 Å². The molecule has 29 heavy (non-hydrogen) atoms. The topological polar surface area (TPSA) is 89.8 Å². The van der Waals surface area contributed by atoms with Crippen molar-refractivity contribution < 1.29 is 21.6 Å². The van der Waals surface area contributed by atoms with Gasteiger partial charge < -0.3 is 4.57 Å². The average Bonchev–Trinajstić information content (AvgIpc) is 3.24. The summed E-state index contributed by atoms with van der Waals surface area (Å²) in [5.41, 5.74) is -2.11. The van der Waals surface area contributed by atoms with E-state index < -0.39 is 21.6 Å². The molecular formula is C17H14F3N5O2S2. The molecule has 0 amide bonds. The Balaban J connectivity index is 1.72. The van der Waals surface area contributed by atoms with E-state index in [4.69, 9.17) is 0 Å². The zero-order chi connectivity index (χ0) is 21.0. The molecule has 0 saturated heterocycles. The third kappa shape index (κ3) is 3.47. The second kappa shape index (κ2) is 6.75. The summed E-state index contributed by atoms with van der Waals surface area (Å²) in [5.74, 6) is 0. The quantitative estimate of drug-likeness (QED) is 0.521. The molecule has 1 atom stereocenters. The predicted octanol–water partition coefficient (Wildman–Crippen LogP) is 3.75. The molecule has 3 aromatic heterocycles. The Morgan fingerprint density at radius 1 is 1.24 bits per heavy atom. The predicted molar refractivity (Wildman–Crippen MR) is 104 cm³/mol. The third-order valence-electron chi connectivity index (χ3n) is 4.37. The molecule has 0 radical (unpaired) electrons. The van der Waals surface area contributed by atoms with Crippen molar-refractivity contribution in [2.45, 2.75) is 18.5 Å². The molecular weight excluding hydrogens is 427 g/mol. The summed E-state index contributed by atoms with van der Waals surface area (Å²) in [4.78, 5) is 14.0. The molecule has 152 valence electrons. The number of imidazole rings is 1. The number of sulfonamides is 1. The highest BCUT2D eigenvalue weighted by atomic mass is 32.2. The highest BCUT2D eigenvalue weighted by Gasteiger charge is 2.46. The second-order valence-electron chi connectivity index (χ2n) is 6.43. The highest BCUT2D eigenvalue weighted by Crippen LogP contribution is 2.33. The van der Waals surface area contributed by atoms with Gasteiger partial charge in [-0.05, 0) is 18.6 Å². The van der Waals surface area contributed by atoms with Crippen LogP contribution in [0.3, 0.4) is 0 Å². The molecule has 3 heterocycles. The molecule has 0 spiro atoms. The first-order valence-electron chi connectivity index (χ1n) is 8.32. The molecule has 4 aromatic rings. The molecule has 0 aliphatic heterocycles. The van der Waals surface area contributed by atoms with Gasteiger partial charge in [0.2, 0.25) is 0 Å². The van der Waals surface area contributed by atoms with Gasteiger partial charge in [0.25, 0.3) is 0 Å². The zero-order valence-electron chi connectivity index (χ0n) is 15.1. The number of nitrogens with zero attached hydrogens (tertiary/aromatic N) is 4. The number of aromatic nitrogens is 4. The Morgan fingerprint density at radius 2 is 2.00 bits per heavy atom. The van der Waals surface area contributed by atoms with E-state index in [0.29, 0.717) is 32.0 Å². The number of aryl methyl sites for hydroxylation is 1. The number of fused-ring (bicyclic) bond motifs is 3. The van der Waals surface area contributed by atoms with E-state index in [1.54, 1.807) is 41.5 Å². The standard InChI is InChI=1S/C17H14F3N5O2S2/c1-9(24-29(26,27)17(18,19)20)10-4-3-5-11(6-10)15-23-13-14-12(22-8-25(14)2)7-21-16(13)28-15/h3-9,24H,1-2H3/t9-/m0/s1. The Hall–Kier alpha value is -2.57. The molecule has 1 aromatic carbocycles. The number of alkyl halides is 3. The van der Waals surface area contributed by atoms with Gasteiger partial charge in [0.1, 0.15) is 20.9 Å². The number of halogens is 3. The van der Waals surface area contributed by atoms with Gasteiger partial charge in [-0.1, -0.05) is 29.5 Å². The lowest BCUT2D eigenvalue weighted by Crippen LogP contribution is -2.37. The van der Waals surface area contributed by atoms with Gasteiger partial charge >= 0.3 is 15.5 Å². The number of hydrogen-bond acceptors (Lipinski definition) is 6. The first kappa shape index (κ1) is 19.7. The van der Waals surface area contributed by atoms with Crippen LogP contribution in [0.5, 0.6) is 0 Å². The maximum Gasteiger partial charge on any atom is 0.511 e. The van der Waals surface area contributed by atoms with Crippen molar-refractivity contribution in [1.82, 2.24) is 24.2 Å². The fourth-order valence-electron chi connectivity index (χ4n) is 2.94. The van der Waals surface area contributed by atoms with Crippen molar-refractivity contribution in [1.29, 1.82) is 0 Å². The molecule has 0 bridgehead atoms. The first-order chi connectivity index (χ1) is 13.6. The number of benzene rings is 1. The van der Waals surface area contributed by atoms with E-state index in [0.717, 1.165) is 5.52 Å². The average molecular weight is 441 g/mol. The third-order valence-corrected chi connectivity index (χ3v) is 6.66. The minimum absolute atomic E-state index is 0.383. The van der Waals surface area contributed by atoms with Crippen LogP contribution in [0.4, 0.5) is 13.2 Å². The van der Waals surface area contributed by atoms with Crippen LogP contribution in [0.1, 0.15) is 18.5 Å². The van der Waals surface area contributed by atoms with Crippen molar-refractivity contribution in [3.8, 4) is 10.6 Å². The minimum atomic E-state index is -5.45. The summed E-state index contributed by atoms with van der Waals surface area (Å²) in [6.45, 7) is 1.35. The Bertz CT molecular complexity index is 1330. The second-order valence-corrected chi connectivity index (χ2v) is 9.12. The molecule has 0 aliphatic rings. The summed E-state index contributed by atoms with van der Waals surface area (Å²) in [7, 11) is -3.60. The molecule has 12 heteroatoms. The van der Waals surface area contributed by atoms with Crippen LogP contribution < -0.4 is 4.72 Å². The summed E-state index contributed by atoms with van der Waals surface area (Å²) < 4.78 is 64.1. The van der Waals surface area contributed by atoms with Crippen LogP contribution in [0.25, 0.3) is 32.0 Å². The normalized spacial score (nSPS) is 14.0. The number of nitrogens with one attached hydrogen (secondary N) is 1. The van der Waals surface area contributed by atoms with Crippen LogP contribution in [0.2, 0.25) is 0 Å².